The van der Waals surface area contributed by atoms with E-state index in [4.69, 9.17) is 9.47 Å². The molecule has 1 aromatic carbocycles. The number of ether oxygens (including phenoxy) is 2. The van der Waals surface area contributed by atoms with Crippen molar-refractivity contribution in [1.82, 2.24) is 0 Å². The monoisotopic (exact) mass is 335 g/mol. The van der Waals surface area contributed by atoms with E-state index < -0.39 is 0 Å². The molecule has 132 valence electrons. The molecule has 1 fully saturated rings. The first kappa shape index (κ1) is 18.3. The lowest BCUT2D eigenvalue weighted by Crippen LogP contribution is -3.17. The molecule has 1 atom stereocenters. The molecule has 0 spiro atoms. The van der Waals surface area contributed by atoms with Crippen molar-refractivity contribution < 1.29 is 24.0 Å². The summed E-state index contributed by atoms with van der Waals surface area (Å²) in [6.45, 7) is 5.77. The molecule has 0 aromatic heterocycles. The second-order valence-electron chi connectivity index (χ2n) is 6.13. The van der Waals surface area contributed by atoms with Gasteiger partial charge in [0.1, 0.15) is 5.75 Å². The number of likely N-dealkylation sites (tertiary alicyclic amines) is 1. The zero-order valence-corrected chi connectivity index (χ0v) is 14.6. The van der Waals surface area contributed by atoms with Gasteiger partial charge in [0.2, 0.25) is 0 Å². The van der Waals surface area contributed by atoms with Gasteiger partial charge in [-0.05, 0) is 26.0 Å². The van der Waals surface area contributed by atoms with Crippen molar-refractivity contribution in [1.29, 1.82) is 0 Å². The molecular formula is C18H27N2O4+. The molecule has 24 heavy (non-hydrogen) atoms. The number of carbonyl (C=O) groups excluding carboxylic acids is 2. The van der Waals surface area contributed by atoms with E-state index in [0.29, 0.717) is 12.4 Å². The number of anilines is 1. The van der Waals surface area contributed by atoms with E-state index in [0.717, 1.165) is 31.6 Å². The van der Waals surface area contributed by atoms with Crippen LogP contribution in [-0.2, 0) is 14.3 Å². The van der Waals surface area contributed by atoms with E-state index in [2.05, 4.69) is 5.32 Å². The lowest BCUT2D eigenvalue weighted by atomic mass is 9.96. The molecule has 1 aliphatic heterocycles. The van der Waals surface area contributed by atoms with Gasteiger partial charge in [-0.1, -0.05) is 6.07 Å². The first-order valence-corrected chi connectivity index (χ1v) is 8.51. The Morgan fingerprint density at radius 3 is 2.67 bits per heavy atom. The van der Waals surface area contributed by atoms with E-state index in [-0.39, 0.29) is 23.8 Å². The fourth-order valence-corrected chi connectivity index (χ4v) is 3.05. The third kappa shape index (κ3) is 4.71. The zero-order valence-electron chi connectivity index (χ0n) is 14.6. The molecule has 2 N–H and O–H groups in total. The van der Waals surface area contributed by atoms with Gasteiger partial charge in [-0.2, -0.15) is 0 Å². The standard InChI is InChI=1S/C18H26N2O4/c1-4-24-18(22)14-8-10-20(11-9-14)13(2)17(21)19-15-6-5-7-16(12-15)23-3/h5-7,12-14H,4,8-11H2,1-3H3,(H,19,21)/p+1/t13-/m1/s1. The Bertz CT molecular complexity index is 568. The fraction of sp³-hybridized carbons (Fsp3) is 0.556. The van der Waals surface area contributed by atoms with Crippen LogP contribution in [0.3, 0.4) is 0 Å². The van der Waals surface area contributed by atoms with E-state index in [1.54, 1.807) is 13.2 Å². The minimum absolute atomic E-state index is 0.0205. The normalized spacial score (nSPS) is 21.6. The lowest BCUT2D eigenvalue weighted by Gasteiger charge is -2.31. The molecule has 1 aromatic rings. The highest BCUT2D eigenvalue weighted by atomic mass is 16.5. The van der Waals surface area contributed by atoms with Crippen molar-refractivity contribution in [3.05, 3.63) is 24.3 Å². The van der Waals surface area contributed by atoms with E-state index in [1.165, 1.54) is 4.90 Å². The second-order valence-corrected chi connectivity index (χ2v) is 6.13. The topological polar surface area (TPSA) is 69.1 Å². The Kier molecular flexibility index (Phi) is 6.61. The first-order valence-electron chi connectivity index (χ1n) is 8.51. The number of rotatable bonds is 6. The van der Waals surface area contributed by atoms with Gasteiger partial charge in [0.15, 0.2) is 6.04 Å². The van der Waals surface area contributed by atoms with Gasteiger partial charge in [-0.25, -0.2) is 0 Å². The minimum atomic E-state index is -0.167. The van der Waals surface area contributed by atoms with Crippen molar-refractivity contribution in [2.75, 3.05) is 32.1 Å². The predicted octanol–water partition coefficient (Wildman–Crippen LogP) is 0.880. The number of esters is 1. The van der Waals surface area contributed by atoms with Crippen molar-refractivity contribution >= 4 is 17.6 Å². The molecule has 0 bridgehead atoms. The minimum Gasteiger partial charge on any atom is -0.497 e. The molecule has 0 unspecified atom stereocenters. The van der Waals surface area contributed by atoms with Gasteiger partial charge in [0, 0.05) is 24.6 Å². The molecule has 1 aliphatic rings. The molecule has 1 heterocycles. The average Bonchev–Trinajstić information content (AvgIpc) is 2.61. The fourth-order valence-electron chi connectivity index (χ4n) is 3.05. The zero-order chi connectivity index (χ0) is 17.5. The predicted molar refractivity (Wildman–Crippen MR) is 91.1 cm³/mol. The Hall–Kier alpha value is -2.08. The summed E-state index contributed by atoms with van der Waals surface area (Å²) in [6.07, 6.45) is 1.54. The van der Waals surface area contributed by atoms with Crippen molar-refractivity contribution in [3.63, 3.8) is 0 Å². The summed E-state index contributed by atoms with van der Waals surface area (Å²) in [6, 6.07) is 7.16. The van der Waals surface area contributed by atoms with Crippen LogP contribution in [0.25, 0.3) is 0 Å². The van der Waals surface area contributed by atoms with E-state index >= 15 is 0 Å². The van der Waals surface area contributed by atoms with Gasteiger partial charge in [-0.3, -0.25) is 9.59 Å². The highest BCUT2D eigenvalue weighted by molar-refractivity contribution is 5.93. The maximum atomic E-state index is 12.5. The van der Waals surface area contributed by atoms with Crippen LogP contribution in [0.4, 0.5) is 5.69 Å². The number of quaternary nitrogens is 1. The summed E-state index contributed by atoms with van der Waals surface area (Å²) >= 11 is 0. The number of hydrogen-bond acceptors (Lipinski definition) is 4. The largest absolute Gasteiger partial charge is 0.497 e. The Balaban J connectivity index is 1.86. The Morgan fingerprint density at radius 1 is 1.33 bits per heavy atom. The highest BCUT2D eigenvalue weighted by Crippen LogP contribution is 2.17. The summed E-state index contributed by atoms with van der Waals surface area (Å²) in [5, 5.41) is 2.94. The quantitative estimate of drug-likeness (QED) is 0.757. The molecule has 1 saturated heterocycles. The van der Waals surface area contributed by atoms with Crippen LogP contribution in [0, 0.1) is 5.92 Å². The number of benzene rings is 1. The van der Waals surface area contributed by atoms with Crippen LogP contribution in [0.5, 0.6) is 5.75 Å². The van der Waals surface area contributed by atoms with Crippen LogP contribution < -0.4 is 15.0 Å². The van der Waals surface area contributed by atoms with Crippen molar-refractivity contribution in [3.8, 4) is 5.75 Å². The third-order valence-corrected chi connectivity index (χ3v) is 4.59. The van der Waals surface area contributed by atoms with Crippen LogP contribution in [0.1, 0.15) is 26.7 Å². The molecule has 0 aliphatic carbocycles. The number of amides is 1. The van der Waals surface area contributed by atoms with Gasteiger partial charge in [0.25, 0.3) is 5.91 Å². The van der Waals surface area contributed by atoms with Crippen molar-refractivity contribution in [2.24, 2.45) is 5.92 Å². The smallest absolute Gasteiger partial charge is 0.309 e. The maximum absolute atomic E-state index is 12.5. The van der Waals surface area contributed by atoms with Gasteiger partial charge < -0.3 is 19.7 Å². The van der Waals surface area contributed by atoms with Gasteiger partial charge in [-0.15, -0.1) is 0 Å². The van der Waals surface area contributed by atoms with E-state index in [1.807, 2.05) is 32.0 Å². The number of piperidine rings is 1. The molecule has 6 nitrogen and oxygen atoms in total. The van der Waals surface area contributed by atoms with Gasteiger partial charge >= 0.3 is 5.97 Å². The summed E-state index contributed by atoms with van der Waals surface area (Å²) < 4.78 is 10.3. The van der Waals surface area contributed by atoms with Crippen LogP contribution in [-0.4, -0.2) is 44.7 Å². The Morgan fingerprint density at radius 2 is 2.04 bits per heavy atom. The van der Waals surface area contributed by atoms with Crippen LogP contribution >= 0.6 is 0 Å². The van der Waals surface area contributed by atoms with Crippen LogP contribution in [0.15, 0.2) is 24.3 Å². The molecule has 2 rings (SSSR count). The number of carbonyl (C=O) groups is 2. The molecule has 1 amide bonds. The molecular weight excluding hydrogens is 308 g/mol. The van der Waals surface area contributed by atoms with Crippen LogP contribution in [0.2, 0.25) is 0 Å². The summed E-state index contributed by atoms with van der Waals surface area (Å²) in [5.74, 6) is 0.559. The maximum Gasteiger partial charge on any atom is 0.309 e. The molecule has 0 radical (unpaired) electrons. The van der Waals surface area contributed by atoms with E-state index in [9.17, 15) is 9.59 Å². The number of hydrogen-bond donors (Lipinski definition) is 2. The molecule has 0 saturated carbocycles. The summed E-state index contributed by atoms with van der Waals surface area (Å²) in [7, 11) is 1.60. The molecule has 6 heteroatoms. The SMILES string of the molecule is CCOC(=O)C1CC[NH+]([C@H](C)C(=O)Nc2cccc(OC)c2)CC1. The number of nitrogens with one attached hydrogen (secondary N) is 2. The number of methoxy groups -OCH3 is 1. The first-order chi connectivity index (χ1) is 11.5. The average molecular weight is 335 g/mol. The second kappa shape index (κ2) is 8.68. The third-order valence-electron chi connectivity index (χ3n) is 4.59. The lowest BCUT2D eigenvalue weighted by molar-refractivity contribution is -0.919. The van der Waals surface area contributed by atoms with Gasteiger partial charge in [0.05, 0.1) is 32.7 Å². The summed E-state index contributed by atoms with van der Waals surface area (Å²) in [5.41, 5.74) is 0.729. The summed E-state index contributed by atoms with van der Waals surface area (Å²) in [4.78, 5) is 25.5. The highest BCUT2D eigenvalue weighted by Gasteiger charge is 2.33. The van der Waals surface area contributed by atoms with Crippen molar-refractivity contribution in [2.45, 2.75) is 32.7 Å². The Labute approximate surface area is 143 Å².